The first kappa shape index (κ1) is 24.1. The van der Waals surface area contributed by atoms with Crippen molar-refractivity contribution < 1.29 is 14.3 Å². The fraction of sp³-hybridized carbons (Fsp3) is 0.286. The van der Waals surface area contributed by atoms with Gasteiger partial charge in [0.05, 0.1) is 0 Å². The molecule has 0 fully saturated rings. The Kier molecular flexibility index (Phi) is 9.07. The van der Waals surface area contributed by atoms with Crippen molar-refractivity contribution in [3.05, 3.63) is 102 Å². The van der Waals surface area contributed by atoms with Gasteiger partial charge in [-0.15, -0.1) is 0 Å². The van der Waals surface area contributed by atoms with Gasteiger partial charge in [0.2, 0.25) is 5.91 Å². The highest BCUT2D eigenvalue weighted by Gasteiger charge is 2.31. The summed E-state index contributed by atoms with van der Waals surface area (Å²) in [5.74, 6) is 0.645. The summed E-state index contributed by atoms with van der Waals surface area (Å²) in [6.07, 6.45) is 0.872. The van der Waals surface area contributed by atoms with Gasteiger partial charge in [0.15, 0.2) is 6.61 Å². The molecule has 5 nitrogen and oxygen atoms in total. The van der Waals surface area contributed by atoms with E-state index in [0.29, 0.717) is 24.8 Å². The van der Waals surface area contributed by atoms with E-state index in [1.807, 2.05) is 91.0 Å². The highest BCUT2D eigenvalue weighted by atomic mass is 16.5. The molecule has 0 saturated carbocycles. The molecule has 0 spiro atoms. The van der Waals surface area contributed by atoms with Gasteiger partial charge >= 0.3 is 0 Å². The van der Waals surface area contributed by atoms with E-state index in [1.165, 1.54) is 0 Å². The Morgan fingerprint density at radius 3 is 2.03 bits per heavy atom. The molecule has 2 amide bonds. The Morgan fingerprint density at radius 1 is 0.848 bits per heavy atom. The van der Waals surface area contributed by atoms with Gasteiger partial charge in [-0.1, -0.05) is 92.7 Å². The van der Waals surface area contributed by atoms with Crippen molar-refractivity contribution in [2.24, 2.45) is 5.92 Å². The molecular weight excluding hydrogens is 412 g/mol. The third kappa shape index (κ3) is 7.49. The molecule has 3 rings (SSSR count). The molecule has 0 radical (unpaired) electrons. The molecule has 3 aromatic rings. The van der Waals surface area contributed by atoms with Gasteiger partial charge in [-0.2, -0.15) is 0 Å². The van der Waals surface area contributed by atoms with E-state index >= 15 is 0 Å². The molecule has 5 heteroatoms. The van der Waals surface area contributed by atoms with E-state index < -0.39 is 6.04 Å². The zero-order chi connectivity index (χ0) is 23.5. The van der Waals surface area contributed by atoms with Crippen LogP contribution in [-0.2, 0) is 16.1 Å². The number of hydrogen-bond donors (Lipinski definition) is 1. The van der Waals surface area contributed by atoms with Crippen LogP contribution >= 0.6 is 0 Å². The van der Waals surface area contributed by atoms with E-state index in [-0.39, 0.29) is 18.4 Å². The van der Waals surface area contributed by atoms with E-state index in [9.17, 15) is 9.59 Å². The molecule has 0 bridgehead atoms. The largest absolute Gasteiger partial charge is 0.484 e. The summed E-state index contributed by atoms with van der Waals surface area (Å²) in [5, 5.41) is 3.03. The number of para-hydroxylation sites is 1. The Labute approximate surface area is 196 Å². The second kappa shape index (κ2) is 12.4. The lowest BCUT2D eigenvalue weighted by atomic mass is 10.0. The van der Waals surface area contributed by atoms with Crippen molar-refractivity contribution in [1.82, 2.24) is 10.2 Å². The number of nitrogens with zero attached hydrogens (tertiary/aromatic N) is 1. The zero-order valence-corrected chi connectivity index (χ0v) is 19.3. The number of amides is 2. The lowest BCUT2D eigenvalue weighted by Crippen LogP contribution is -2.45. The number of rotatable bonds is 11. The van der Waals surface area contributed by atoms with Gasteiger partial charge in [-0.3, -0.25) is 9.59 Å². The van der Waals surface area contributed by atoms with Crippen LogP contribution in [0.5, 0.6) is 5.75 Å². The van der Waals surface area contributed by atoms with Gasteiger partial charge in [-0.25, -0.2) is 0 Å². The second-order valence-electron chi connectivity index (χ2n) is 8.40. The van der Waals surface area contributed by atoms with Crippen LogP contribution in [0.3, 0.4) is 0 Å². The molecule has 1 unspecified atom stereocenters. The van der Waals surface area contributed by atoms with Crippen LogP contribution in [0.25, 0.3) is 0 Å². The summed E-state index contributed by atoms with van der Waals surface area (Å²) in [6, 6.07) is 27.6. The summed E-state index contributed by atoms with van der Waals surface area (Å²) < 4.78 is 5.74. The third-order valence-corrected chi connectivity index (χ3v) is 5.32. The van der Waals surface area contributed by atoms with Crippen LogP contribution in [0.15, 0.2) is 91.0 Å². The Bertz CT molecular complexity index is 991. The van der Waals surface area contributed by atoms with Crippen LogP contribution in [0.2, 0.25) is 0 Å². The van der Waals surface area contributed by atoms with Crippen molar-refractivity contribution in [2.45, 2.75) is 32.9 Å². The Balaban J connectivity index is 1.88. The standard InChI is InChI=1S/C28H32N2O3/c1-22(2)18-19-29-28(32)27(24-14-8-4-9-15-24)30(20-23-12-6-3-7-13-23)26(31)21-33-25-16-10-5-11-17-25/h3-17,22,27H,18-21H2,1-2H3,(H,29,32). The van der Waals surface area contributed by atoms with Gasteiger partial charge in [0.1, 0.15) is 11.8 Å². The molecule has 1 atom stereocenters. The van der Waals surface area contributed by atoms with E-state index in [1.54, 1.807) is 4.90 Å². The molecule has 0 aliphatic rings. The van der Waals surface area contributed by atoms with Gasteiger partial charge < -0.3 is 15.0 Å². The fourth-order valence-electron chi connectivity index (χ4n) is 3.54. The van der Waals surface area contributed by atoms with Crippen molar-refractivity contribution in [2.75, 3.05) is 13.2 Å². The summed E-state index contributed by atoms with van der Waals surface area (Å²) in [4.78, 5) is 28.4. The monoisotopic (exact) mass is 444 g/mol. The van der Waals surface area contributed by atoms with E-state index in [2.05, 4.69) is 19.2 Å². The van der Waals surface area contributed by atoms with Crippen LogP contribution in [0, 0.1) is 5.92 Å². The average molecular weight is 445 g/mol. The SMILES string of the molecule is CC(C)CCNC(=O)C(c1ccccc1)N(Cc1ccccc1)C(=O)COc1ccccc1. The highest BCUT2D eigenvalue weighted by molar-refractivity contribution is 5.89. The molecule has 0 aliphatic carbocycles. The van der Waals surface area contributed by atoms with Crippen LogP contribution in [0.4, 0.5) is 0 Å². The predicted octanol–water partition coefficient (Wildman–Crippen LogP) is 5.00. The highest BCUT2D eigenvalue weighted by Crippen LogP contribution is 2.24. The molecule has 1 N–H and O–H groups in total. The topological polar surface area (TPSA) is 58.6 Å². The number of nitrogens with one attached hydrogen (secondary N) is 1. The summed E-state index contributed by atoms with van der Waals surface area (Å²) in [5.41, 5.74) is 1.71. The minimum Gasteiger partial charge on any atom is -0.484 e. The number of ether oxygens (including phenoxy) is 1. The number of carbonyl (C=O) groups excluding carboxylic acids is 2. The maximum Gasteiger partial charge on any atom is 0.261 e. The Hall–Kier alpha value is -3.60. The molecule has 33 heavy (non-hydrogen) atoms. The molecular formula is C28H32N2O3. The van der Waals surface area contributed by atoms with Crippen LogP contribution in [-0.4, -0.2) is 29.9 Å². The smallest absolute Gasteiger partial charge is 0.261 e. The molecule has 172 valence electrons. The molecule has 0 aliphatic heterocycles. The van der Waals surface area contributed by atoms with Crippen LogP contribution in [0.1, 0.15) is 37.4 Å². The van der Waals surface area contributed by atoms with Crippen molar-refractivity contribution in [1.29, 1.82) is 0 Å². The summed E-state index contributed by atoms with van der Waals surface area (Å²) >= 11 is 0. The van der Waals surface area contributed by atoms with E-state index in [0.717, 1.165) is 17.5 Å². The number of hydrogen-bond acceptors (Lipinski definition) is 3. The fourth-order valence-corrected chi connectivity index (χ4v) is 3.54. The van der Waals surface area contributed by atoms with Crippen molar-refractivity contribution in [3.63, 3.8) is 0 Å². The van der Waals surface area contributed by atoms with E-state index in [4.69, 9.17) is 4.74 Å². The Morgan fingerprint density at radius 2 is 1.42 bits per heavy atom. The first-order valence-corrected chi connectivity index (χ1v) is 11.4. The maximum atomic E-state index is 13.4. The van der Waals surface area contributed by atoms with Gasteiger partial charge in [0, 0.05) is 13.1 Å². The van der Waals surface area contributed by atoms with Crippen molar-refractivity contribution >= 4 is 11.8 Å². The second-order valence-corrected chi connectivity index (χ2v) is 8.40. The lowest BCUT2D eigenvalue weighted by molar-refractivity contribution is -0.143. The normalized spacial score (nSPS) is 11.6. The molecule has 0 heterocycles. The van der Waals surface area contributed by atoms with Crippen LogP contribution < -0.4 is 10.1 Å². The summed E-state index contributed by atoms with van der Waals surface area (Å²) in [7, 11) is 0. The molecule has 3 aromatic carbocycles. The molecule has 0 aromatic heterocycles. The van der Waals surface area contributed by atoms with Gasteiger partial charge in [0.25, 0.3) is 5.91 Å². The van der Waals surface area contributed by atoms with Gasteiger partial charge in [-0.05, 0) is 35.6 Å². The third-order valence-electron chi connectivity index (χ3n) is 5.32. The summed E-state index contributed by atoms with van der Waals surface area (Å²) in [6.45, 7) is 4.95. The first-order chi connectivity index (χ1) is 16.0. The maximum absolute atomic E-state index is 13.4. The number of carbonyl (C=O) groups is 2. The first-order valence-electron chi connectivity index (χ1n) is 11.4. The molecule has 0 saturated heterocycles. The number of benzene rings is 3. The predicted molar refractivity (Wildman–Crippen MR) is 131 cm³/mol. The average Bonchev–Trinajstić information content (AvgIpc) is 2.84. The minimum atomic E-state index is -0.759. The van der Waals surface area contributed by atoms with Crippen molar-refractivity contribution in [3.8, 4) is 5.75 Å². The lowest BCUT2D eigenvalue weighted by Gasteiger charge is -2.31. The minimum absolute atomic E-state index is 0.153. The quantitative estimate of drug-likeness (QED) is 0.453. The zero-order valence-electron chi connectivity index (χ0n) is 19.3.